The highest BCUT2D eigenvalue weighted by Crippen LogP contribution is 2.43. The first-order valence-corrected chi connectivity index (χ1v) is 17.0. The number of aromatic amines is 1. The van der Waals surface area contributed by atoms with E-state index < -0.39 is 29.6 Å². The maximum absolute atomic E-state index is 13.5. The first kappa shape index (κ1) is 35.4. The number of allylic oxidation sites excluding steroid dienone is 6. The quantitative estimate of drug-likeness (QED) is 0.140. The predicted molar refractivity (Wildman–Crippen MR) is 192 cm³/mol. The van der Waals surface area contributed by atoms with Gasteiger partial charge in [-0.25, -0.2) is 19.6 Å². The first-order valence-electron chi connectivity index (χ1n) is 17.0. The van der Waals surface area contributed by atoms with E-state index in [0.29, 0.717) is 35.6 Å². The third-order valence-corrected chi connectivity index (χ3v) is 10.3. The number of esters is 3. The van der Waals surface area contributed by atoms with Crippen LogP contribution in [0.25, 0.3) is 12.2 Å². The molecular formula is C38H42N6O7. The Morgan fingerprint density at radius 3 is 2.33 bits per heavy atom. The van der Waals surface area contributed by atoms with Gasteiger partial charge in [0.2, 0.25) is 5.76 Å². The molecule has 6 rings (SSSR count). The van der Waals surface area contributed by atoms with Crippen LogP contribution in [0.15, 0.2) is 82.0 Å². The van der Waals surface area contributed by atoms with E-state index in [4.69, 9.17) is 29.2 Å². The minimum Gasteiger partial charge on any atom is -0.501 e. The molecule has 1 aromatic rings. The number of carbonyl (C=O) groups is 3. The highest BCUT2D eigenvalue weighted by molar-refractivity contribution is 6.41. The Morgan fingerprint density at radius 1 is 0.941 bits per heavy atom. The van der Waals surface area contributed by atoms with Crippen molar-refractivity contribution in [3.8, 4) is 0 Å². The number of rotatable bonds is 7. The number of aliphatic hydroxyl groups excluding tert-OH is 1. The van der Waals surface area contributed by atoms with E-state index in [0.717, 1.165) is 52.9 Å². The molecule has 0 saturated carbocycles. The Kier molecular flexibility index (Phi) is 9.74. The van der Waals surface area contributed by atoms with Crippen LogP contribution < -0.4 is 0 Å². The van der Waals surface area contributed by atoms with Crippen LogP contribution in [0.3, 0.4) is 0 Å². The van der Waals surface area contributed by atoms with Gasteiger partial charge in [0.15, 0.2) is 0 Å². The third-order valence-electron chi connectivity index (χ3n) is 10.3. The Hall–Kier alpha value is -5.46. The zero-order valence-corrected chi connectivity index (χ0v) is 30.1. The van der Waals surface area contributed by atoms with E-state index >= 15 is 0 Å². The average Bonchev–Trinajstić information content (AvgIpc) is 3.93. The largest absolute Gasteiger partial charge is 0.501 e. The van der Waals surface area contributed by atoms with Crippen molar-refractivity contribution in [3.05, 3.63) is 79.3 Å². The first-order chi connectivity index (χ1) is 24.4. The fraction of sp³-hybridized carbons (Fsp3) is 0.421. The number of fused-ring (bicyclic) bond motifs is 5. The molecule has 0 aromatic carbocycles. The standard InChI is InChI=1S/C38H42N6O7/c1-9-21-17(2)24-16-29-31(23-12-13-39-44-23)19(4)26(41-29)14-25-18(3)22(10-11-30(45)49-6)34(42-25)33(36(46)38(48)51-8)35-32(37(47)50-7)20(5)27(43-35)15-28(21)40-24/h14-16,18,22-23,41,46H,9-13H2,1-8H3/b24-16?,25-14?,27-15?,36-33-/t18-,22-,23?/m0/s1. The molecule has 5 aliphatic heterocycles. The number of aliphatic hydroxyl groups is 1. The SMILES string of the molecule is CCC1=C(C)C2=Cc3[nH]c(c(C)c3C3CCN=N3)C=C3N=C(/C(=C(/O)C(=O)OC)C4=NC(=CC1=N2)C(C)=C4C(=O)OC)[C@@H](CCC(=O)OC)[C@@H]3C. The lowest BCUT2D eigenvalue weighted by molar-refractivity contribution is -0.141. The number of methoxy groups -OCH3 is 3. The lowest BCUT2D eigenvalue weighted by atomic mass is 9.81. The number of aromatic nitrogens is 1. The number of nitrogens with one attached hydrogen (secondary N) is 1. The maximum Gasteiger partial charge on any atom is 0.373 e. The fourth-order valence-corrected chi connectivity index (χ4v) is 7.41. The average molecular weight is 695 g/mol. The fourth-order valence-electron chi connectivity index (χ4n) is 7.41. The molecule has 6 heterocycles. The zero-order chi connectivity index (χ0) is 36.7. The molecular weight excluding hydrogens is 652 g/mol. The number of hydrogen-bond donors (Lipinski definition) is 2. The number of ether oxygens (including phenoxy) is 3. The summed E-state index contributed by atoms with van der Waals surface area (Å²) in [4.78, 5) is 57.7. The molecule has 5 aliphatic rings. The normalized spacial score (nSPS) is 23.4. The molecule has 8 bridgehead atoms. The minimum atomic E-state index is -1.04. The Morgan fingerprint density at radius 2 is 1.69 bits per heavy atom. The van der Waals surface area contributed by atoms with E-state index in [1.807, 2.05) is 39.0 Å². The molecule has 2 N–H and O–H groups in total. The molecule has 3 atom stereocenters. The van der Waals surface area contributed by atoms with Crippen molar-refractivity contribution >= 4 is 47.2 Å². The molecule has 1 aromatic heterocycles. The van der Waals surface area contributed by atoms with Crippen LogP contribution in [0.1, 0.15) is 81.9 Å². The van der Waals surface area contributed by atoms with Gasteiger partial charge in [-0.2, -0.15) is 10.2 Å². The second-order valence-corrected chi connectivity index (χ2v) is 13.0. The summed E-state index contributed by atoms with van der Waals surface area (Å²) in [7, 11) is 3.72. The van der Waals surface area contributed by atoms with Crippen molar-refractivity contribution < 1.29 is 33.7 Å². The number of azo groups is 1. The molecule has 0 saturated heterocycles. The van der Waals surface area contributed by atoms with Gasteiger partial charge in [-0.3, -0.25) is 9.79 Å². The number of carbonyl (C=O) groups excluding carboxylic acids is 3. The summed E-state index contributed by atoms with van der Waals surface area (Å²) in [6.45, 7) is 10.5. The van der Waals surface area contributed by atoms with Gasteiger partial charge in [-0.15, -0.1) is 0 Å². The van der Waals surface area contributed by atoms with Gasteiger partial charge in [0, 0.05) is 40.9 Å². The van der Waals surface area contributed by atoms with E-state index in [1.165, 1.54) is 14.2 Å². The van der Waals surface area contributed by atoms with Crippen LogP contribution in [-0.2, 0) is 28.6 Å². The van der Waals surface area contributed by atoms with E-state index in [2.05, 4.69) is 22.1 Å². The molecule has 0 aliphatic carbocycles. The van der Waals surface area contributed by atoms with Gasteiger partial charge in [-0.05, 0) is 80.5 Å². The van der Waals surface area contributed by atoms with Gasteiger partial charge in [-0.1, -0.05) is 13.8 Å². The van der Waals surface area contributed by atoms with Gasteiger partial charge in [0.1, 0.15) is 0 Å². The highest BCUT2D eigenvalue weighted by atomic mass is 16.5. The summed E-state index contributed by atoms with van der Waals surface area (Å²) in [6.07, 6.45) is 7.58. The number of H-pyrrole nitrogens is 1. The van der Waals surface area contributed by atoms with Gasteiger partial charge in [0.05, 0.1) is 73.6 Å². The van der Waals surface area contributed by atoms with Crippen molar-refractivity contribution in [2.45, 2.75) is 66.3 Å². The topological polar surface area (TPSA) is 177 Å². The van der Waals surface area contributed by atoms with Crippen molar-refractivity contribution in [3.63, 3.8) is 0 Å². The smallest absolute Gasteiger partial charge is 0.373 e. The monoisotopic (exact) mass is 694 g/mol. The summed E-state index contributed by atoms with van der Waals surface area (Å²) in [5.41, 5.74) is 8.93. The third kappa shape index (κ3) is 6.14. The summed E-state index contributed by atoms with van der Waals surface area (Å²) in [5.74, 6) is -3.75. The van der Waals surface area contributed by atoms with Crippen molar-refractivity contribution in [2.75, 3.05) is 27.9 Å². The molecule has 0 amide bonds. The number of nitrogens with zero attached hydrogens (tertiary/aromatic N) is 5. The molecule has 0 spiro atoms. The summed E-state index contributed by atoms with van der Waals surface area (Å²) in [6, 6.07) is -0.126. The zero-order valence-electron chi connectivity index (χ0n) is 30.1. The Labute approximate surface area is 296 Å². The summed E-state index contributed by atoms with van der Waals surface area (Å²) in [5, 5.41) is 20.5. The van der Waals surface area contributed by atoms with E-state index in [-0.39, 0.29) is 47.4 Å². The lowest BCUT2D eigenvalue weighted by Gasteiger charge is -2.21. The van der Waals surface area contributed by atoms with Crippen LogP contribution >= 0.6 is 0 Å². The number of hydrogen-bond acceptors (Lipinski definition) is 12. The predicted octanol–water partition coefficient (Wildman–Crippen LogP) is 6.57. The van der Waals surface area contributed by atoms with Crippen LogP contribution in [0, 0.1) is 18.8 Å². The second kappa shape index (κ2) is 14.0. The maximum atomic E-state index is 13.5. The van der Waals surface area contributed by atoms with Gasteiger partial charge in [0.25, 0.3) is 0 Å². The van der Waals surface area contributed by atoms with Gasteiger partial charge < -0.3 is 24.3 Å². The molecule has 51 heavy (non-hydrogen) atoms. The van der Waals surface area contributed by atoms with E-state index in [9.17, 15) is 19.5 Å². The molecule has 13 heteroatoms. The molecule has 266 valence electrons. The van der Waals surface area contributed by atoms with Crippen LogP contribution in [0.5, 0.6) is 0 Å². The molecule has 0 fully saturated rings. The molecule has 0 radical (unpaired) electrons. The highest BCUT2D eigenvalue weighted by Gasteiger charge is 2.42. The van der Waals surface area contributed by atoms with Crippen molar-refractivity contribution in [1.29, 1.82) is 0 Å². The van der Waals surface area contributed by atoms with Crippen LogP contribution in [0.2, 0.25) is 0 Å². The van der Waals surface area contributed by atoms with Crippen molar-refractivity contribution in [1.82, 2.24) is 4.98 Å². The van der Waals surface area contributed by atoms with Crippen LogP contribution in [-0.4, -0.2) is 73.0 Å². The Balaban J connectivity index is 1.71. The van der Waals surface area contributed by atoms with Crippen LogP contribution in [0.4, 0.5) is 0 Å². The summed E-state index contributed by atoms with van der Waals surface area (Å²) < 4.78 is 15.2. The Bertz CT molecular complexity index is 2060. The van der Waals surface area contributed by atoms with E-state index in [1.54, 1.807) is 6.92 Å². The lowest BCUT2D eigenvalue weighted by Crippen LogP contribution is -2.29. The van der Waals surface area contributed by atoms with Crippen molar-refractivity contribution in [2.24, 2.45) is 37.0 Å². The molecule has 13 nitrogen and oxygen atoms in total. The number of aliphatic imine (C=N–C) groups is 3. The van der Waals surface area contributed by atoms with Gasteiger partial charge >= 0.3 is 17.9 Å². The minimum absolute atomic E-state index is 0.0104. The summed E-state index contributed by atoms with van der Waals surface area (Å²) >= 11 is 0. The molecule has 1 unspecified atom stereocenters. The second-order valence-electron chi connectivity index (χ2n) is 13.0.